The molecular weight excluding hydrogens is 562 g/mol. The second-order valence-corrected chi connectivity index (χ2v) is 13.1. The second-order valence-electron chi connectivity index (χ2n) is 12.2. The van der Waals surface area contributed by atoms with Crippen LogP contribution in [0.2, 0.25) is 5.02 Å². The molecule has 2 aromatic carbocycles. The van der Waals surface area contributed by atoms with Crippen LogP contribution in [0.4, 0.5) is 23.3 Å². The van der Waals surface area contributed by atoms with Crippen molar-refractivity contribution in [2.75, 3.05) is 65.8 Å². The topological polar surface area (TPSA) is 59.6 Å². The van der Waals surface area contributed by atoms with E-state index in [-0.39, 0.29) is 5.41 Å². The van der Waals surface area contributed by atoms with Crippen LogP contribution in [0.1, 0.15) is 51.0 Å². The lowest BCUT2D eigenvalue weighted by atomic mass is 9.79. The van der Waals surface area contributed by atoms with Gasteiger partial charge in [-0.1, -0.05) is 61.7 Å². The molecule has 3 aliphatic rings. The first-order chi connectivity index (χ1) is 20.5. The van der Waals surface area contributed by atoms with Gasteiger partial charge < -0.3 is 25.3 Å². The highest BCUT2D eigenvalue weighted by molar-refractivity contribution is 7.80. The number of aromatic nitrogens is 2. The molecule has 2 aliphatic heterocycles. The van der Waals surface area contributed by atoms with E-state index in [1.54, 1.807) is 0 Å². The molecule has 1 aliphatic carbocycles. The number of hydrogen-bond acceptors (Lipinski definition) is 6. The SMILES string of the molecule is C[C@H]1CCCN(c2cc(N3CCN(c4ccccc4)CC3)nc(NC(=S)NCC3(c4ccc(Cl)cc4)CCCC3)n2)C1. The van der Waals surface area contributed by atoms with Crippen LogP contribution < -0.4 is 25.3 Å². The fraction of sp³-hybridized carbons (Fsp3) is 0.485. The maximum atomic E-state index is 6.19. The van der Waals surface area contributed by atoms with Gasteiger partial charge in [0.05, 0.1) is 0 Å². The zero-order valence-electron chi connectivity index (χ0n) is 24.6. The number of para-hydroxylation sites is 1. The van der Waals surface area contributed by atoms with Crippen LogP contribution in [-0.4, -0.2) is 60.9 Å². The van der Waals surface area contributed by atoms with Crippen molar-refractivity contribution in [2.24, 2.45) is 5.92 Å². The minimum absolute atomic E-state index is 0.0621. The summed E-state index contributed by atoms with van der Waals surface area (Å²) in [6.07, 6.45) is 7.19. The predicted molar refractivity (Wildman–Crippen MR) is 179 cm³/mol. The quantitative estimate of drug-likeness (QED) is 0.297. The molecule has 0 spiro atoms. The summed E-state index contributed by atoms with van der Waals surface area (Å²) < 4.78 is 0. The number of piperidine rings is 1. The first-order valence-corrected chi connectivity index (χ1v) is 16.3. The summed E-state index contributed by atoms with van der Waals surface area (Å²) in [6, 6.07) is 21.2. The normalized spacial score (nSPS) is 20.4. The van der Waals surface area contributed by atoms with Gasteiger partial charge in [0.25, 0.3) is 0 Å². The number of hydrogen-bond donors (Lipinski definition) is 2. The Morgan fingerprint density at radius 1 is 0.881 bits per heavy atom. The largest absolute Gasteiger partial charge is 0.368 e. The number of thiocarbonyl (C=S) groups is 1. The molecule has 3 heterocycles. The van der Waals surface area contributed by atoms with E-state index in [9.17, 15) is 0 Å². The summed E-state index contributed by atoms with van der Waals surface area (Å²) in [5, 5.41) is 8.23. The van der Waals surface area contributed by atoms with Crippen molar-refractivity contribution in [1.82, 2.24) is 15.3 Å². The standard InChI is InChI=1S/C33H42ClN7S/c1-25-8-7-17-41(23-25)30-22-29(40-20-18-39(19-21-40)28-9-3-2-4-10-28)36-31(37-30)38-32(42)35-24-33(15-5-6-16-33)26-11-13-27(34)14-12-26/h2-4,9-14,22,25H,5-8,15-21,23-24H2,1H3,(H2,35,36,37,38,42)/t25-/m0/s1. The van der Waals surface area contributed by atoms with Crippen molar-refractivity contribution >= 4 is 52.2 Å². The lowest BCUT2D eigenvalue weighted by Gasteiger charge is -2.37. The summed E-state index contributed by atoms with van der Waals surface area (Å²) in [5.74, 6) is 3.16. The van der Waals surface area contributed by atoms with Crippen molar-refractivity contribution in [2.45, 2.75) is 50.9 Å². The first-order valence-electron chi connectivity index (χ1n) is 15.5. The van der Waals surface area contributed by atoms with Gasteiger partial charge in [0.15, 0.2) is 5.11 Å². The number of halogens is 1. The molecule has 1 atom stereocenters. The molecule has 42 heavy (non-hydrogen) atoms. The van der Waals surface area contributed by atoms with E-state index in [0.29, 0.717) is 17.0 Å². The summed E-state index contributed by atoms with van der Waals surface area (Å²) in [7, 11) is 0. The molecule has 0 unspecified atom stereocenters. The molecule has 2 N–H and O–H groups in total. The molecule has 3 aromatic rings. The second kappa shape index (κ2) is 13.0. The fourth-order valence-corrected chi connectivity index (χ4v) is 7.14. The third-order valence-electron chi connectivity index (χ3n) is 9.24. The summed E-state index contributed by atoms with van der Waals surface area (Å²) in [6.45, 7) is 8.88. The van der Waals surface area contributed by atoms with Gasteiger partial charge in [-0.25, -0.2) is 0 Å². The van der Waals surface area contributed by atoms with Crippen molar-refractivity contribution in [1.29, 1.82) is 0 Å². The van der Waals surface area contributed by atoms with E-state index in [1.165, 1.54) is 36.9 Å². The predicted octanol–water partition coefficient (Wildman–Crippen LogP) is 6.49. The Kier molecular flexibility index (Phi) is 9.00. The number of benzene rings is 2. The molecule has 1 aromatic heterocycles. The minimum Gasteiger partial charge on any atom is -0.368 e. The van der Waals surface area contributed by atoms with Crippen LogP contribution in [0, 0.1) is 5.92 Å². The van der Waals surface area contributed by atoms with Crippen molar-refractivity contribution in [3.8, 4) is 0 Å². The Morgan fingerprint density at radius 2 is 1.55 bits per heavy atom. The van der Waals surface area contributed by atoms with Gasteiger partial charge in [-0.15, -0.1) is 0 Å². The van der Waals surface area contributed by atoms with Gasteiger partial charge in [0.1, 0.15) is 11.6 Å². The minimum atomic E-state index is 0.0621. The summed E-state index contributed by atoms with van der Waals surface area (Å²) >= 11 is 12.0. The van der Waals surface area contributed by atoms with Gasteiger partial charge >= 0.3 is 0 Å². The average Bonchev–Trinajstić information content (AvgIpc) is 3.51. The third kappa shape index (κ3) is 6.76. The molecule has 9 heteroatoms. The number of piperazine rings is 1. The van der Waals surface area contributed by atoms with E-state index < -0.39 is 0 Å². The number of anilines is 4. The van der Waals surface area contributed by atoms with Crippen LogP contribution in [0.15, 0.2) is 60.7 Å². The van der Waals surface area contributed by atoms with Gasteiger partial charge in [-0.2, -0.15) is 9.97 Å². The Labute approximate surface area is 260 Å². The van der Waals surface area contributed by atoms with Crippen LogP contribution in [0.25, 0.3) is 0 Å². The van der Waals surface area contributed by atoms with E-state index >= 15 is 0 Å². The maximum Gasteiger partial charge on any atom is 0.232 e. The van der Waals surface area contributed by atoms with E-state index in [2.05, 4.69) is 80.8 Å². The first kappa shape index (κ1) is 29.0. The lowest BCUT2D eigenvalue weighted by molar-refractivity contribution is 0.435. The smallest absolute Gasteiger partial charge is 0.232 e. The van der Waals surface area contributed by atoms with Crippen molar-refractivity contribution < 1.29 is 0 Å². The van der Waals surface area contributed by atoms with Gasteiger partial charge in [-0.05, 0) is 73.6 Å². The molecule has 3 fully saturated rings. The van der Waals surface area contributed by atoms with Crippen LogP contribution in [0.5, 0.6) is 0 Å². The van der Waals surface area contributed by atoms with Gasteiger partial charge in [0, 0.05) is 68.0 Å². The molecule has 0 bridgehead atoms. The Morgan fingerprint density at radius 3 is 2.24 bits per heavy atom. The van der Waals surface area contributed by atoms with E-state index in [4.69, 9.17) is 33.8 Å². The van der Waals surface area contributed by atoms with Crippen molar-refractivity contribution in [3.63, 3.8) is 0 Å². The highest BCUT2D eigenvalue weighted by Gasteiger charge is 2.35. The monoisotopic (exact) mass is 603 g/mol. The van der Waals surface area contributed by atoms with Gasteiger partial charge in [0.2, 0.25) is 5.95 Å². The van der Waals surface area contributed by atoms with E-state index in [0.717, 1.165) is 75.3 Å². The van der Waals surface area contributed by atoms with Crippen LogP contribution in [-0.2, 0) is 5.41 Å². The molecule has 7 nitrogen and oxygen atoms in total. The van der Waals surface area contributed by atoms with Gasteiger partial charge in [-0.3, -0.25) is 0 Å². The zero-order chi connectivity index (χ0) is 28.9. The van der Waals surface area contributed by atoms with E-state index in [1.807, 2.05) is 12.1 Å². The molecule has 2 saturated heterocycles. The lowest BCUT2D eigenvalue weighted by Crippen LogP contribution is -2.47. The molecular formula is C33H42ClN7S. The number of rotatable bonds is 7. The summed E-state index contributed by atoms with van der Waals surface area (Å²) in [5.41, 5.74) is 2.67. The highest BCUT2D eigenvalue weighted by Crippen LogP contribution is 2.41. The maximum absolute atomic E-state index is 6.19. The molecule has 1 saturated carbocycles. The average molecular weight is 604 g/mol. The number of nitrogens with one attached hydrogen (secondary N) is 2. The molecule has 222 valence electrons. The Balaban J connectivity index is 1.17. The third-order valence-corrected chi connectivity index (χ3v) is 9.73. The Hall–Kier alpha value is -3.10. The highest BCUT2D eigenvalue weighted by atomic mass is 35.5. The van der Waals surface area contributed by atoms with Crippen LogP contribution in [0.3, 0.4) is 0 Å². The molecule has 0 amide bonds. The van der Waals surface area contributed by atoms with Crippen LogP contribution >= 0.6 is 23.8 Å². The fourth-order valence-electron chi connectivity index (χ4n) is 6.85. The Bertz CT molecular complexity index is 1340. The molecule has 6 rings (SSSR count). The number of nitrogens with zero attached hydrogens (tertiary/aromatic N) is 5. The zero-order valence-corrected chi connectivity index (χ0v) is 26.1. The molecule has 0 radical (unpaired) electrons. The summed E-state index contributed by atoms with van der Waals surface area (Å²) in [4.78, 5) is 17.2. The van der Waals surface area contributed by atoms with Crippen molar-refractivity contribution in [3.05, 3.63) is 71.2 Å².